The van der Waals surface area contributed by atoms with Gasteiger partial charge < -0.3 is 18.9 Å². The fraction of sp³-hybridized carbons (Fsp3) is 0. The molecule has 2 heterocycles. The van der Waals surface area contributed by atoms with E-state index >= 15 is 0 Å². The standard InChI is InChI=1S/C46H28O.C28H18.C18H13BO3/c1-2-13-32-31(12-1)28-42(35-15-4-3-14-34(32)35)45-39-19-7-5-17-37(39)44(38-18-6-8-20-40(38)45)30-26-24-29(25-27-30)33-21-11-22-41-36-16-9-10-23-43(36)47-46(33)41;1-4-12-22-21(11-1)18-27(26-16-8-7-15-25(22)26)28-23-13-5-2-9-19(23)17-20-10-3-6-14-24(20)28;20-19(21)13-10-8-12(9-11-13)14-5-3-6-16-15-4-1-2-7-17(15)22-18(14)16/h1-28H;1-18H;1-11,20-21H/i5D,6D,7D,8D,17D,18D,19D,20D;2D,3D,5D,6D,9D,10D,13D,14D,17D;. The molecular formula is C92H59BO4. The van der Waals surface area contributed by atoms with Crippen molar-refractivity contribution < 1.29 is 42.2 Å². The van der Waals surface area contributed by atoms with E-state index in [4.69, 9.17) is 26.7 Å². The van der Waals surface area contributed by atoms with E-state index in [1.165, 1.54) is 0 Å². The predicted octanol–water partition coefficient (Wildman–Crippen LogP) is 24.1. The molecule has 2 aromatic heterocycles. The number of hydrogen-bond donors (Lipinski definition) is 2. The third kappa shape index (κ3) is 9.87. The largest absolute Gasteiger partial charge is 0.488 e. The Morgan fingerprint density at radius 1 is 0.247 bits per heavy atom. The van der Waals surface area contributed by atoms with Crippen LogP contribution in [0.2, 0.25) is 0 Å². The summed E-state index contributed by atoms with van der Waals surface area (Å²) in [7, 11) is -1.45. The number of para-hydroxylation sites is 4. The molecule has 0 saturated heterocycles. The van der Waals surface area contributed by atoms with Gasteiger partial charge in [0, 0.05) is 32.7 Å². The first-order chi connectivity index (χ1) is 55.0. The molecule has 0 unspecified atom stereocenters. The molecule has 0 radical (unpaired) electrons. The van der Waals surface area contributed by atoms with E-state index in [1.807, 2.05) is 218 Å². The summed E-state index contributed by atoms with van der Waals surface area (Å²) in [5.74, 6) is 0. The van der Waals surface area contributed by atoms with Crippen LogP contribution in [0.3, 0.4) is 0 Å². The first kappa shape index (κ1) is 42.1. The molecule has 18 aromatic carbocycles. The van der Waals surface area contributed by atoms with Crippen LogP contribution in [-0.4, -0.2) is 17.2 Å². The van der Waals surface area contributed by atoms with Crippen LogP contribution in [-0.2, 0) is 0 Å². The Balaban J connectivity index is 0.000000131. The van der Waals surface area contributed by atoms with Crippen molar-refractivity contribution in [2.24, 2.45) is 0 Å². The maximum absolute atomic E-state index is 9.42. The summed E-state index contributed by atoms with van der Waals surface area (Å²) in [6.45, 7) is 0. The molecule has 20 rings (SSSR count). The van der Waals surface area contributed by atoms with Crippen LogP contribution in [0.4, 0.5) is 0 Å². The second-order valence-corrected chi connectivity index (χ2v) is 23.8. The normalized spacial score (nSPS) is 14.1. The van der Waals surface area contributed by atoms with Gasteiger partial charge in [0.1, 0.15) is 22.3 Å². The second-order valence-electron chi connectivity index (χ2n) is 23.8. The van der Waals surface area contributed by atoms with Gasteiger partial charge in [-0.2, -0.15) is 0 Å². The van der Waals surface area contributed by atoms with Crippen LogP contribution in [0, 0.1) is 0 Å². The van der Waals surface area contributed by atoms with E-state index in [1.54, 1.807) is 12.1 Å². The number of fused-ring (bicyclic) bond motifs is 16. The molecular weight excluding hydrogens is 1180 g/mol. The Morgan fingerprint density at radius 3 is 1.04 bits per heavy atom. The van der Waals surface area contributed by atoms with Crippen molar-refractivity contribution in [1.82, 2.24) is 0 Å². The summed E-state index contributed by atoms with van der Waals surface area (Å²) in [6.07, 6.45) is 0. The van der Waals surface area contributed by atoms with Gasteiger partial charge in [-0.15, -0.1) is 0 Å². The Kier molecular flexibility index (Phi) is 10.4. The van der Waals surface area contributed by atoms with E-state index in [0.29, 0.717) is 33.3 Å². The highest BCUT2D eigenvalue weighted by atomic mass is 16.4. The number of rotatable bonds is 6. The van der Waals surface area contributed by atoms with Crippen molar-refractivity contribution in [3.05, 3.63) is 345 Å². The molecule has 0 aliphatic carbocycles. The van der Waals surface area contributed by atoms with Crippen LogP contribution < -0.4 is 5.46 Å². The molecule has 0 aliphatic heterocycles. The molecule has 0 fully saturated rings. The van der Waals surface area contributed by atoms with E-state index in [9.17, 15) is 15.5 Å². The minimum atomic E-state index is -1.45. The van der Waals surface area contributed by atoms with E-state index in [0.717, 1.165) is 109 Å². The molecule has 20 aromatic rings. The summed E-state index contributed by atoms with van der Waals surface area (Å²) in [6, 6.07) is 70.8. The van der Waals surface area contributed by atoms with Crippen LogP contribution in [0.25, 0.3) is 186 Å². The van der Waals surface area contributed by atoms with Gasteiger partial charge in [0.25, 0.3) is 0 Å². The topological polar surface area (TPSA) is 66.7 Å². The van der Waals surface area contributed by atoms with Gasteiger partial charge in [-0.1, -0.05) is 315 Å². The zero-order valence-electron chi connectivity index (χ0n) is 68.4. The van der Waals surface area contributed by atoms with Gasteiger partial charge >= 0.3 is 7.12 Å². The number of benzene rings is 18. The van der Waals surface area contributed by atoms with Crippen molar-refractivity contribution in [3.63, 3.8) is 0 Å². The average molecular weight is 1260 g/mol. The molecule has 0 spiro atoms. The highest BCUT2D eigenvalue weighted by Crippen LogP contribution is 2.48. The lowest BCUT2D eigenvalue weighted by atomic mass is 9.80. The van der Waals surface area contributed by atoms with E-state index in [-0.39, 0.29) is 91.0 Å². The minimum Gasteiger partial charge on any atom is -0.455 e. The van der Waals surface area contributed by atoms with Gasteiger partial charge in [0.05, 0.1) is 23.3 Å². The minimum absolute atomic E-state index is 0.0639. The van der Waals surface area contributed by atoms with E-state index in [2.05, 4.69) is 12.1 Å². The summed E-state index contributed by atoms with van der Waals surface area (Å²) in [5, 5.41) is 30.4. The molecule has 0 aliphatic rings. The number of furan rings is 2. The maximum Gasteiger partial charge on any atom is 0.488 e. The highest BCUT2D eigenvalue weighted by molar-refractivity contribution is 6.58. The predicted molar refractivity (Wildman–Crippen MR) is 411 cm³/mol. The first-order valence-electron chi connectivity index (χ1n) is 40.1. The van der Waals surface area contributed by atoms with Crippen LogP contribution in [0.15, 0.2) is 354 Å². The summed E-state index contributed by atoms with van der Waals surface area (Å²) in [4.78, 5) is 0. The zero-order valence-corrected chi connectivity index (χ0v) is 51.4. The molecule has 0 amide bonds. The monoisotopic (exact) mass is 1260 g/mol. The molecule has 0 bridgehead atoms. The molecule has 0 saturated carbocycles. The van der Waals surface area contributed by atoms with Gasteiger partial charge in [0.2, 0.25) is 0 Å². The van der Waals surface area contributed by atoms with Crippen molar-refractivity contribution in [2.45, 2.75) is 0 Å². The molecule has 2 N–H and O–H groups in total. The third-order valence-electron chi connectivity index (χ3n) is 18.4. The third-order valence-corrected chi connectivity index (χ3v) is 18.4. The van der Waals surface area contributed by atoms with Crippen molar-refractivity contribution in [2.75, 3.05) is 0 Å². The zero-order chi connectivity index (χ0) is 79.3. The lowest BCUT2D eigenvalue weighted by Crippen LogP contribution is -2.29. The average Bonchev–Trinajstić information content (AvgIpc) is 0.924. The fourth-order valence-corrected chi connectivity index (χ4v) is 14.0. The SMILES string of the molecule is OB(O)c1ccc(-c2cccc3c2oc2ccccc23)cc1.[2H]c1c([2H])c([2H])c2c(-c3cc4ccccc4c4ccccc34)c3c([2H])c([2H])c([2H])c([2H])c3c(-c3ccc(-c4cccc5c4oc4ccccc45)cc3)c2c1[2H].[2H]c1c([2H])c([2H])c2c(-c3cc4ccccc4c4ccccc34)c3c([2H])c([2H])c([2H])c([2H])c3c([2H])c2c1[2H]. The smallest absolute Gasteiger partial charge is 0.455 e. The Hall–Kier alpha value is -12.4. The maximum atomic E-state index is 9.42. The quantitative estimate of drug-likeness (QED) is 0.0989. The van der Waals surface area contributed by atoms with Crippen molar-refractivity contribution in [1.29, 1.82) is 0 Å². The number of hydrogen-bond acceptors (Lipinski definition) is 4. The molecule has 5 heteroatoms. The van der Waals surface area contributed by atoms with Crippen LogP contribution >= 0.6 is 0 Å². The fourth-order valence-electron chi connectivity index (χ4n) is 14.0. The summed E-state index contributed by atoms with van der Waals surface area (Å²) >= 11 is 0. The van der Waals surface area contributed by atoms with Crippen molar-refractivity contribution in [3.8, 4) is 55.6 Å². The van der Waals surface area contributed by atoms with E-state index < -0.39 is 67.5 Å². The van der Waals surface area contributed by atoms with Crippen molar-refractivity contribution >= 4 is 143 Å². The lowest BCUT2D eigenvalue weighted by molar-refractivity contribution is 0.426. The van der Waals surface area contributed by atoms with Gasteiger partial charge in [-0.05, 0) is 166 Å². The second kappa shape index (κ2) is 23.9. The Bertz CT molecular complexity index is 7390. The lowest BCUT2D eigenvalue weighted by Gasteiger charge is -2.19. The van der Waals surface area contributed by atoms with Crippen LogP contribution in [0.5, 0.6) is 0 Å². The van der Waals surface area contributed by atoms with Gasteiger partial charge in [-0.3, -0.25) is 0 Å². The first-order valence-corrected chi connectivity index (χ1v) is 31.6. The summed E-state index contributed by atoms with van der Waals surface area (Å²) in [5.41, 5.74) is 10.0. The Morgan fingerprint density at radius 2 is 0.588 bits per heavy atom. The van der Waals surface area contributed by atoms with Gasteiger partial charge in [0.15, 0.2) is 0 Å². The van der Waals surface area contributed by atoms with Crippen LogP contribution in [0.1, 0.15) is 23.3 Å². The summed E-state index contributed by atoms with van der Waals surface area (Å²) < 4.78 is 162. The molecule has 454 valence electrons. The highest BCUT2D eigenvalue weighted by Gasteiger charge is 2.22. The molecule has 4 nitrogen and oxygen atoms in total. The Labute approximate surface area is 583 Å². The molecule has 0 atom stereocenters. The van der Waals surface area contributed by atoms with Gasteiger partial charge in [-0.25, -0.2) is 0 Å². The molecule has 97 heavy (non-hydrogen) atoms.